The number of hydrogen-bond donors (Lipinski definition) is 1. The summed E-state index contributed by atoms with van der Waals surface area (Å²) in [5.74, 6) is 1.07. The first-order valence-corrected chi connectivity index (χ1v) is 6.86. The number of aliphatic hydroxyl groups is 1. The van der Waals surface area contributed by atoms with Gasteiger partial charge in [-0.25, -0.2) is 9.13 Å². The Balaban J connectivity index is 0.00000242. The lowest BCUT2D eigenvalue weighted by atomic mass is 10.2. The highest BCUT2D eigenvalue weighted by atomic mass is 35.5. The second kappa shape index (κ2) is 7.38. The zero-order valence-corrected chi connectivity index (χ0v) is 13.7. The summed E-state index contributed by atoms with van der Waals surface area (Å²) in [6, 6.07) is 6.61. The van der Waals surface area contributed by atoms with Crippen molar-refractivity contribution < 1.29 is 27.0 Å². The maximum Gasteiger partial charge on any atom is 0.269 e. The highest BCUT2D eigenvalue weighted by Crippen LogP contribution is 2.13. The van der Waals surface area contributed by atoms with E-state index in [1.54, 1.807) is 12.1 Å². The fraction of sp³-hybridized carbons (Fsp3) is 0.400. The number of non-ortho nitro benzene ring substituents is 1. The van der Waals surface area contributed by atoms with Gasteiger partial charge in [0.1, 0.15) is 24.5 Å². The van der Waals surface area contributed by atoms with E-state index < -0.39 is 4.92 Å². The van der Waals surface area contributed by atoms with Crippen LogP contribution in [0.5, 0.6) is 0 Å². The minimum Gasteiger partial charge on any atom is -1.00 e. The Bertz CT molecular complexity index is 666. The van der Waals surface area contributed by atoms with E-state index in [1.165, 1.54) is 12.1 Å². The van der Waals surface area contributed by atoms with E-state index in [2.05, 4.69) is 9.13 Å². The summed E-state index contributed by atoms with van der Waals surface area (Å²) in [7, 11) is 0. The van der Waals surface area contributed by atoms with E-state index >= 15 is 0 Å². The molecule has 7 heteroatoms. The lowest BCUT2D eigenvalue weighted by Crippen LogP contribution is -3.00. The molecule has 1 heterocycles. The van der Waals surface area contributed by atoms with Crippen molar-refractivity contribution in [2.45, 2.75) is 33.9 Å². The smallest absolute Gasteiger partial charge is 0.269 e. The zero-order chi connectivity index (χ0) is 15.6. The summed E-state index contributed by atoms with van der Waals surface area (Å²) in [6.07, 6.45) is 0. The van der Waals surface area contributed by atoms with Crippen LogP contribution in [-0.4, -0.2) is 21.2 Å². The second-order valence-corrected chi connectivity index (χ2v) is 5.10. The Labute approximate surface area is 135 Å². The molecule has 0 bridgehead atoms. The van der Waals surface area contributed by atoms with E-state index in [4.69, 9.17) is 5.11 Å². The van der Waals surface area contributed by atoms with Crippen LogP contribution in [0.4, 0.5) is 5.69 Å². The first-order chi connectivity index (χ1) is 9.95. The summed E-state index contributed by atoms with van der Waals surface area (Å²) in [5, 5.41) is 19.8. The first kappa shape index (κ1) is 18.1. The lowest BCUT2D eigenvalue weighted by molar-refractivity contribution is -0.699. The van der Waals surface area contributed by atoms with Crippen LogP contribution in [-0.2, 0) is 13.1 Å². The average molecular weight is 326 g/mol. The van der Waals surface area contributed by atoms with Gasteiger partial charge in [0, 0.05) is 32.9 Å². The number of aromatic nitrogens is 2. The molecule has 0 spiro atoms. The number of benzene rings is 1. The van der Waals surface area contributed by atoms with Gasteiger partial charge in [0.15, 0.2) is 0 Å². The average Bonchev–Trinajstić information content (AvgIpc) is 2.66. The number of aliphatic hydroxyl groups excluding tert-OH is 1. The van der Waals surface area contributed by atoms with Crippen LogP contribution in [0.2, 0.25) is 0 Å². The second-order valence-electron chi connectivity index (χ2n) is 5.10. The molecule has 0 radical (unpaired) electrons. The van der Waals surface area contributed by atoms with Gasteiger partial charge in [0.2, 0.25) is 0 Å². The SMILES string of the molecule is Cc1c(C)[n+](Cc2ccc([N+](=O)[O-])cc2)c(C)n1CCO.[Cl-]. The first-order valence-electron chi connectivity index (χ1n) is 6.86. The Hall–Kier alpha value is -1.92. The molecule has 6 nitrogen and oxygen atoms in total. The highest BCUT2D eigenvalue weighted by molar-refractivity contribution is 5.32. The third kappa shape index (κ3) is 3.45. The zero-order valence-electron chi connectivity index (χ0n) is 12.9. The van der Waals surface area contributed by atoms with Crippen LogP contribution >= 0.6 is 0 Å². The van der Waals surface area contributed by atoms with Crippen molar-refractivity contribution >= 4 is 5.69 Å². The number of nitrogens with zero attached hydrogens (tertiary/aromatic N) is 3. The van der Waals surface area contributed by atoms with Crippen LogP contribution in [0.15, 0.2) is 24.3 Å². The number of imidazole rings is 1. The molecule has 0 aliphatic rings. The van der Waals surface area contributed by atoms with Crippen molar-refractivity contribution in [2.75, 3.05) is 6.61 Å². The monoisotopic (exact) mass is 325 g/mol. The summed E-state index contributed by atoms with van der Waals surface area (Å²) >= 11 is 0. The van der Waals surface area contributed by atoms with Gasteiger partial charge in [-0.3, -0.25) is 10.1 Å². The number of rotatable bonds is 5. The summed E-state index contributed by atoms with van der Waals surface area (Å²) in [6.45, 7) is 7.43. The van der Waals surface area contributed by atoms with Crippen molar-refractivity contribution in [1.29, 1.82) is 0 Å². The van der Waals surface area contributed by atoms with Gasteiger partial charge < -0.3 is 17.5 Å². The fourth-order valence-corrected chi connectivity index (χ4v) is 2.59. The normalized spacial score (nSPS) is 10.4. The predicted molar refractivity (Wildman–Crippen MR) is 78.1 cm³/mol. The maximum absolute atomic E-state index is 10.7. The number of halogens is 1. The van der Waals surface area contributed by atoms with E-state index in [9.17, 15) is 10.1 Å². The minimum atomic E-state index is -0.394. The largest absolute Gasteiger partial charge is 1.00 e. The molecule has 22 heavy (non-hydrogen) atoms. The molecule has 0 unspecified atom stereocenters. The van der Waals surface area contributed by atoms with E-state index in [0.717, 1.165) is 22.8 Å². The molecule has 0 atom stereocenters. The quantitative estimate of drug-likeness (QED) is 0.420. The third-order valence-corrected chi connectivity index (χ3v) is 3.93. The molecular formula is C15H20ClN3O3. The minimum absolute atomic E-state index is 0. The van der Waals surface area contributed by atoms with Crippen molar-refractivity contribution in [1.82, 2.24) is 4.57 Å². The van der Waals surface area contributed by atoms with Gasteiger partial charge in [-0.2, -0.15) is 0 Å². The Morgan fingerprint density at radius 1 is 1.23 bits per heavy atom. The molecule has 0 amide bonds. The number of hydrogen-bond acceptors (Lipinski definition) is 3. The molecule has 0 saturated carbocycles. The van der Waals surface area contributed by atoms with Crippen LogP contribution in [0.3, 0.4) is 0 Å². The summed E-state index contributed by atoms with van der Waals surface area (Å²) < 4.78 is 4.24. The molecule has 1 N–H and O–H groups in total. The molecule has 1 aromatic heterocycles. The van der Waals surface area contributed by atoms with Crippen molar-refractivity contribution in [3.8, 4) is 0 Å². The molecular weight excluding hydrogens is 306 g/mol. The fourth-order valence-electron chi connectivity index (χ4n) is 2.59. The van der Waals surface area contributed by atoms with E-state index in [0.29, 0.717) is 13.1 Å². The number of nitro groups is 1. The molecule has 2 aromatic rings. The molecule has 1 aromatic carbocycles. The summed E-state index contributed by atoms with van der Waals surface area (Å²) in [4.78, 5) is 10.3. The lowest BCUT2D eigenvalue weighted by Gasteiger charge is -2.02. The predicted octanol–water partition coefficient (Wildman–Crippen LogP) is -1.35. The molecule has 120 valence electrons. The van der Waals surface area contributed by atoms with Crippen LogP contribution in [0.1, 0.15) is 22.8 Å². The molecule has 2 rings (SSSR count). The Morgan fingerprint density at radius 2 is 1.82 bits per heavy atom. The standard InChI is InChI=1S/C15H20N3O3.ClH/c1-11-12(2)17(13(3)16(11)8-9-19)10-14-4-6-15(7-5-14)18(20)21;/h4-7,19H,8-10H2,1-3H3;1H/q+1;/p-1. The third-order valence-electron chi connectivity index (χ3n) is 3.93. The number of nitro benzene ring substituents is 1. The van der Waals surface area contributed by atoms with Crippen LogP contribution < -0.4 is 17.0 Å². The van der Waals surface area contributed by atoms with Crippen molar-refractivity contribution in [3.63, 3.8) is 0 Å². The van der Waals surface area contributed by atoms with Crippen LogP contribution in [0.25, 0.3) is 0 Å². The Kier molecular flexibility index (Phi) is 6.08. The van der Waals surface area contributed by atoms with Gasteiger partial charge in [-0.1, -0.05) is 0 Å². The Morgan fingerprint density at radius 3 is 2.32 bits per heavy atom. The van der Waals surface area contributed by atoms with Gasteiger partial charge in [0.05, 0.1) is 11.5 Å². The topological polar surface area (TPSA) is 72.2 Å². The molecule has 0 saturated heterocycles. The van der Waals surface area contributed by atoms with Gasteiger partial charge in [0.25, 0.3) is 11.5 Å². The highest BCUT2D eigenvalue weighted by Gasteiger charge is 2.21. The van der Waals surface area contributed by atoms with Crippen molar-refractivity contribution in [3.05, 3.63) is 57.2 Å². The summed E-state index contributed by atoms with van der Waals surface area (Å²) in [5.41, 5.74) is 3.38. The van der Waals surface area contributed by atoms with E-state index in [1.807, 2.05) is 20.8 Å². The van der Waals surface area contributed by atoms with Crippen molar-refractivity contribution in [2.24, 2.45) is 0 Å². The van der Waals surface area contributed by atoms with Gasteiger partial charge in [-0.05, 0) is 17.7 Å². The van der Waals surface area contributed by atoms with Crippen LogP contribution in [0, 0.1) is 30.9 Å². The molecule has 0 aliphatic heterocycles. The molecule has 0 fully saturated rings. The van der Waals surface area contributed by atoms with Gasteiger partial charge in [-0.15, -0.1) is 0 Å². The molecule has 0 aliphatic carbocycles. The maximum atomic E-state index is 10.7. The van der Waals surface area contributed by atoms with E-state index in [-0.39, 0.29) is 24.7 Å². The van der Waals surface area contributed by atoms with Gasteiger partial charge >= 0.3 is 0 Å².